The predicted molar refractivity (Wildman–Crippen MR) is 116 cm³/mol. The van der Waals surface area contributed by atoms with Gasteiger partial charge in [-0.1, -0.05) is 23.7 Å². The lowest BCUT2D eigenvalue weighted by atomic mass is 10.0. The van der Waals surface area contributed by atoms with Crippen molar-refractivity contribution in [3.05, 3.63) is 70.6 Å². The predicted octanol–water partition coefficient (Wildman–Crippen LogP) is 4.05. The maximum atomic E-state index is 12.9. The van der Waals surface area contributed by atoms with Crippen LogP contribution >= 0.6 is 11.6 Å². The van der Waals surface area contributed by atoms with E-state index in [1.165, 1.54) is 29.2 Å². The van der Waals surface area contributed by atoms with Gasteiger partial charge in [0, 0.05) is 5.69 Å². The summed E-state index contributed by atoms with van der Waals surface area (Å²) in [4.78, 5) is 20.6. The summed E-state index contributed by atoms with van der Waals surface area (Å²) in [6.07, 6.45) is -5.09. The summed E-state index contributed by atoms with van der Waals surface area (Å²) in [6, 6.07) is 8.40. The van der Waals surface area contributed by atoms with E-state index in [1.54, 1.807) is 13.0 Å². The van der Waals surface area contributed by atoms with Crippen LogP contribution in [0.4, 0.5) is 24.7 Å². The van der Waals surface area contributed by atoms with Gasteiger partial charge in [0.2, 0.25) is 0 Å². The summed E-state index contributed by atoms with van der Waals surface area (Å²) in [6.45, 7) is 1.75. The maximum Gasteiger partial charge on any atom is 0.416 e. The monoisotopic (exact) mass is 476 g/mol. The molecule has 0 spiro atoms. The minimum Gasteiger partial charge on any atom is -0.382 e. The van der Waals surface area contributed by atoms with E-state index in [0.717, 1.165) is 18.2 Å². The Balaban J connectivity index is 1.59. The van der Waals surface area contributed by atoms with Crippen LogP contribution in [0.15, 0.2) is 48.8 Å². The van der Waals surface area contributed by atoms with Crippen molar-refractivity contribution in [1.82, 2.24) is 19.7 Å². The van der Waals surface area contributed by atoms with Crippen molar-refractivity contribution < 1.29 is 23.1 Å². The number of rotatable bonds is 4. The highest BCUT2D eigenvalue weighted by Crippen LogP contribution is 2.32. The smallest absolute Gasteiger partial charge is 0.382 e. The van der Waals surface area contributed by atoms with Gasteiger partial charge in [0.25, 0.3) is 5.91 Å². The number of aliphatic hydroxyl groups excluding tert-OH is 1. The fraction of sp³-hybridized carbons (Fsp3) is 0.143. The largest absolute Gasteiger partial charge is 0.416 e. The lowest BCUT2D eigenvalue weighted by Gasteiger charge is -2.15. The highest BCUT2D eigenvalue weighted by molar-refractivity contribution is 6.32. The molecule has 0 saturated heterocycles. The Labute approximate surface area is 189 Å². The number of carbonyl (C=O) groups excluding carboxylic acids is 1. The van der Waals surface area contributed by atoms with E-state index < -0.39 is 23.8 Å². The molecular weight excluding hydrogens is 461 g/mol. The first-order valence-electron chi connectivity index (χ1n) is 9.48. The highest BCUT2D eigenvalue weighted by Gasteiger charge is 2.31. The molecule has 4 N–H and O–H groups in total. The molecule has 170 valence electrons. The molecule has 12 heteroatoms. The molecule has 0 radical (unpaired) electrons. The van der Waals surface area contributed by atoms with Gasteiger partial charge in [-0.2, -0.15) is 18.3 Å². The number of aliphatic hydroxyl groups is 1. The Bertz CT molecular complexity index is 1370. The molecule has 0 aliphatic heterocycles. The molecule has 1 amide bonds. The highest BCUT2D eigenvalue weighted by atomic mass is 35.5. The van der Waals surface area contributed by atoms with E-state index in [4.69, 9.17) is 17.3 Å². The number of nitrogen functional groups attached to an aromatic ring is 1. The zero-order valence-electron chi connectivity index (χ0n) is 16.9. The summed E-state index contributed by atoms with van der Waals surface area (Å²) in [5, 5.41) is 17.3. The third-order valence-corrected chi connectivity index (χ3v) is 5.18. The van der Waals surface area contributed by atoms with Gasteiger partial charge in [-0.3, -0.25) is 4.79 Å². The first kappa shape index (κ1) is 22.5. The summed E-state index contributed by atoms with van der Waals surface area (Å²) in [5.41, 5.74) is 7.09. The summed E-state index contributed by atoms with van der Waals surface area (Å²) in [5.74, 6) is -0.713. The molecule has 0 saturated carbocycles. The quantitative estimate of drug-likeness (QED) is 0.409. The molecule has 4 rings (SSSR count). The Kier molecular flexibility index (Phi) is 5.68. The molecule has 1 atom stereocenters. The van der Waals surface area contributed by atoms with Crippen molar-refractivity contribution in [3.63, 3.8) is 0 Å². The van der Waals surface area contributed by atoms with E-state index >= 15 is 0 Å². The average molecular weight is 477 g/mol. The van der Waals surface area contributed by atoms with Crippen LogP contribution in [-0.4, -0.2) is 30.8 Å². The number of nitrogens with two attached hydrogens (primary N) is 1. The van der Waals surface area contributed by atoms with Crippen LogP contribution in [0.3, 0.4) is 0 Å². The molecule has 0 aliphatic rings. The third kappa shape index (κ3) is 4.32. The molecule has 0 fully saturated rings. The van der Waals surface area contributed by atoms with E-state index in [0.29, 0.717) is 22.4 Å². The fourth-order valence-electron chi connectivity index (χ4n) is 3.29. The van der Waals surface area contributed by atoms with Gasteiger partial charge >= 0.3 is 6.18 Å². The topological polar surface area (TPSA) is 119 Å². The zero-order chi connectivity index (χ0) is 23.9. The van der Waals surface area contributed by atoms with E-state index in [-0.39, 0.29) is 22.1 Å². The second-order valence-electron chi connectivity index (χ2n) is 7.13. The fourth-order valence-corrected chi connectivity index (χ4v) is 3.55. The average Bonchev–Trinajstić information content (AvgIpc) is 3.10. The number of carbonyl (C=O) groups is 1. The summed E-state index contributed by atoms with van der Waals surface area (Å²) >= 11 is 6.40. The molecule has 0 bridgehead atoms. The number of benzene rings is 2. The second-order valence-corrected chi connectivity index (χ2v) is 7.54. The summed E-state index contributed by atoms with van der Waals surface area (Å²) < 4.78 is 40.2. The number of hydrogen-bond acceptors (Lipinski definition) is 6. The van der Waals surface area contributed by atoms with Crippen molar-refractivity contribution in [2.75, 3.05) is 11.1 Å². The molecular formula is C21H16ClF3N6O2. The van der Waals surface area contributed by atoms with Crippen LogP contribution in [0.5, 0.6) is 0 Å². The Morgan fingerprint density at radius 3 is 2.67 bits per heavy atom. The third-order valence-electron chi connectivity index (χ3n) is 4.88. The Morgan fingerprint density at radius 1 is 1.21 bits per heavy atom. The molecule has 4 aromatic rings. The van der Waals surface area contributed by atoms with Gasteiger partial charge in [-0.25, -0.2) is 14.6 Å². The number of alkyl halides is 3. The molecule has 2 heterocycles. The number of anilines is 2. The minimum atomic E-state index is -4.60. The number of hydrogen-bond donors (Lipinski definition) is 3. The van der Waals surface area contributed by atoms with E-state index in [1.807, 2.05) is 0 Å². The van der Waals surface area contributed by atoms with Gasteiger partial charge in [0.1, 0.15) is 17.4 Å². The second kappa shape index (κ2) is 8.34. The summed E-state index contributed by atoms with van der Waals surface area (Å²) in [7, 11) is 0. The van der Waals surface area contributed by atoms with Crippen LogP contribution in [0, 0.1) is 6.92 Å². The van der Waals surface area contributed by atoms with Crippen molar-refractivity contribution in [1.29, 1.82) is 0 Å². The maximum absolute atomic E-state index is 12.9. The first-order chi connectivity index (χ1) is 15.6. The van der Waals surface area contributed by atoms with Gasteiger partial charge in [-0.05, 0) is 42.8 Å². The van der Waals surface area contributed by atoms with Gasteiger partial charge in [0.05, 0.1) is 22.0 Å². The minimum absolute atomic E-state index is 0.189. The number of nitrogens with zero attached hydrogens (tertiary/aromatic N) is 4. The van der Waals surface area contributed by atoms with Crippen LogP contribution in [0.1, 0.15) is 22.9 Å². The van der Waals surface area contributed by atoms with Gasteiger partial charge in [0.15, 0.2) is 11.9 Å². The number of fused-ring (bicyclic) bond motifs is 1. The standard InChI is InChI=1S/C21H16ClF3N6O2/c1-10-16-17(19(26)28-9-27-16)31(30-10)15-6-5-13(8-14(15)22)29-20(33)18(32)11-3-2-4-12(7-11)21(23,24)25/h2-9,18,32H,1H3,(H,29,33)(H2,26,27,28)/t18-/m1/s1. The lowest BCUT2D eigenvalue weighted by Crippen LogP contribution is -2.21. The molecule has 33 heavy (non-hydrogen) atoms. The number of aryl methyl sites for hydroxylation is 1. The molecule has 2 aromatic carbocycles. The molecule has 0 aliphatic carbocycles. The number of halogens is 4. The number of aromatic nitrogens is 4. The van der Waals surface area contributed by atoms with Crippen molar-refractivity contribution in [2.45, 2.75) is 19.2 Å². The van der Waals surface area contributed by atoms with Crippen LogP contribution < -0.4 is 11.1 Å². The van der Waals surface area contributed by atoms with E-state index in [9.17, 15) is 23.1 Å². The molecule has 8 nitrogen and oxygen atoms in total. The zero-order valence-corrected chi connectivity index (χ0v) is 17.7. The SMILES string of the molecule is Cc1nn(-c2ccc(NC(=O)[C@H](O)c3cccc(C(F)(F)F)c3)cc2Cl)c2c(N)ncnc12. The number of amides is 1. The number of nitrogens with one attached hydrogen (secondary N) is 1. The van der Waals surface area contributed by atoms with Crippen molar-refractivity contribution in [2.24, 2.45) is 0 Å². The Hall–Kier alpha value is -3.70. The van der Waals surface area contributed by atoms with Crippen molar-refractivity contribution >= 4 is 40.0 Å². The van der Waals surface area contributed by atoms with Crippen LogP contribution in [0.25, 0.3) is 16.7 Å². The Morgan fingerprint density at radius 2 is 1.97 bits per heavy atom. The first-order valence-corrected chi connectivity index (χ1v) is 9.86. The van der Waals surface area contributed by atoms with Gasteiger partial charge < -0.3 is 16.2 Å². The van der Waals surface area contributed by atoms with Crippen molar-refractivity contribution in [3.8, 4) is 5.69 Å². The molecule has 2 aromatic heterocycles. The normalized spacial score (nSPS) is 12.7. The van der Waals surface area contributed by atoms with Crippen LogP contribution in [0.2, 0.25) is 5.02 Å². The van der Waals surface area contributed by atoms with Gasteiger partial charge in [-0.15, -0.1) is 0 Å². The lowest BCUT2D eigenvalue weighted by molar-refractivity contribution is -0.138. The van der Waals surface area contributed by atoms with E-state index in [2.05, 4.69) is 20.4 Å². The molecule has 0 unspecified atom stereocenters. The van der Waals surface area contributed by atoms with Crippen LogP contribution in [-0.2, 0) is 11.0 Å².